The van der Waals surface area contributed by atoms with Gasteiger partial charge in [-0.05, 0) is 115 Å². The van der Waals surface area contributed by atoms with Crippen LogP contribution >= 0.6 is 63.7 Å². The molecule has 2 unspecified atom stereocenters. The molecule has 0 saturated heterocycles. The van der Waals surface area contributed by atoms with Crippen LogP contribution in [0.5, 0.6) is 0 Å². The summed E-state index contributed by atoms with van der Waals surface area (Å²) in [5, 5.41) is 17.4. The Morgan fingerprint density at radius 1 is 0.540 bits per heavy atom. The van der Waals surface area contributed by atoms with Crippen LogP contribution in [-0.4, -0.2) is 26.5 Å². The minimum atomic E-state index is -0.675. The molecule has 0 fully saturated rings. The Hall–Kier alpha value is -0.180. The normalized spacial score (nSPS) is 18.1. The lowest BCUT2D eigenvalue weighted by atomic mass is 9.81. The second-order valence-corrected chi connectivity index (χ2v) is 18.2. The van der Waals surface area contributed by atoms with E-state index in [1.165, 1.54) is 126 Å². The first-order valence-electron chi connectivity index (χ1n) is 20.0. The lowest BCUT2D eigenvalue weighted by Crippen LogP contribution is -2.33. The predicted molar refractivity (Wildman–Crippen MR) is 229 cm³/mol. The quantitative estimate of drug-likeness (QED) is 0.0383. The lowest BCUT2D eigenvalue weighted by Gasteiger charge is -2.38. The zero-order chi connectivity index (χ0) is 36.7. The van der Waals surface area contributed by atoms with Crippen LogP contribution in [0, 0.1) is 5.92 Å². The first-order valence-corrected chi connectivity index (χ1v) is 23.2. The molecule has 0 radical (unpaired) electrons. The van der Waals surface area contributed by atoms with Gasteiger partial charge in [-0.3, -0.25) is 9.59 Å². The van der Waals surface area contributed by atoms with Gasteiger partial charge in [-0.2, -0.15) is 0 Å². The van der Waals surface area contributed by atoms with Crippen LogP contribution in [0.25, 0.3) is 0 Å². The van der Waals surface area contributed by atoms with E-state index in [0.29, 0.717) is 18.8 Å². The summed E-state index contributed by atoms with van der Waals surface area (Å²) in [6.45, 7) is 0. The first kappa shape index (κ1) is 47.8. The van der Waals surface area contributed by atoms with Crippen LogP contribution in [0.15, 0.2) is 43.8 Å². The Labute approximate surface area is 339 Å². The molecule has 1 aliphatic rings. The van der Waals surface area contributed by atoms with Crippen LogP contribution in [0.4, 0.5) is 0 Å². The van der Waals surface area contributed by atoms with Gasteiger partial charge in [0.15, 0.2) is 0 Å². The maximum Gasteiger partial charge on any atom is 0.303 e. The number of aliphatic carboxylic acids is 2. The Bertz CT molecular complexity index is 1020. The molecule has 8 heteroatoms. The minimum Gasteiger partial charge on any atom is -0.481 e. The smallest absolute Gasteiger partial charge is 0.303 e. The van der Waals surface area contributed by atoms with E-state index >= 15 is 0 Å². The number of carbonyl (C=O) groups is 2. The molecule has 0 amide bonds. The summed E-state index contributed by atoms with van der Waals surface area (Å²) < 4.78 is 3.52. The van der Waals surface area contributed by atoms with E-state index in [1.807, 2.05) is 0 Å². The Morgan fingerprint density at radius 3 is 1.28 bits per heavy atom. The molecule has 50 heavy (non-hydrogen) atoms. The fourth-order valence-electron chi connectivity index (χ4n) is 6.73. The second kappa shape index (κ2) is 32.3. The molecule has 1 rings (SSSR count). The van der Waals surface area contributed by atoms with Crippen LogP contribution in [0.2, 0.25) is 0 Å². The number of alkyl halides is 1. The van der Waals surface area contributed by atoms with Gasteiger partial charge in [0.05, 0.1) is 4.32 Å². The SMILES string of the molecule is O=C(O)CCCCCCC/C=C\CCCCCCCCC1C=C(Br)C(Br)=C(Br)C1(Br)CCCCCCCC/C=C\CCCCCCCC(=O)O. The van der Waals surface area contributed by atoms with Crippen molar-refractivity contribution < 1.29 is 19.8 Å². The van der Waals surface area contributed by atoms with Crippen molar-refractivity contribution >= 4 is 75.7 Å². The van der Waals surface area contributed by atoms with Crippen molar-refractivity contribution in [3.8, 4) is 0 Å². The van der Waals surface area contributed by atoms with Crippen LogP contribution in [0.3, 0.4) is 0 Å². The Kier molecular flexibility index (Phi) is 30.9. The fourth-order valence-corrected chi connectivity index (χ4v) is 9.81. The van der Waals surface area contributed by atoms with E-state index in [4.69, 9.17) is 10.2 Å². The van der Waals surface area contributed by atoms with Gasteiger partial charge in [0, 0.05) is 26.3 Å². The zero-order valence-electron chi connectivity index (χ0n) is 30.9. The van der Waals surface area contributed by atoms with E-state index in [9.17, 15) is 9.59 Å². The van der Waals surface area contributed by atoms with Crippen molar-refractivity contribution in [2.75, 3.05) is 0 Å². The van der Waals surface area contributed by atoms with Crippen molar-refractivity contribution in [1.29, 1.82) is 0 Å². The third kappa shape index (κ3) is 24.9. The number of hydrogen-bond acceptors (Lipinski definition) is 2. The van der Waals surface area contributed by atoms with Crippen LogP contribution in [-0.2, 0) is 9.59 Å². The monoisotopic (exact) mass is 952 g/mol. The maximum absolute atomic E-state index is 10.5. The summed E-state index contributed by atoms with van der Waals surface area (Å²) in [6.07, 6.45) is 46.0. The van der Waals surface area contributed by atoms with E-state index in [1.54, 1.807) is 0 Å². The molecule has 0 spiro atoms. The summed E-state index contributed by atoms with van der Waals surface area (Å²) in [5.74, 6) is -0.871. The number of carboxylic acids is 2. The van der Waals surface area contributed by atoms with Crippen LogP contribution in [0.1, 0.15) is 193 Å². The van der Waals surface area contributed by atoms with Crippen molar-refractivity contribution in [2.45, 2.75) is 197 Å². The van der Waals surface area contributed by atoms with Gasteiger partial charge in [0.1, 0.15) is 0 Å². The van der Waals surface area contributed by atoms with Gasteiger partial charge >= 0.3 is 11.9 Å². The summed E-state index contributed by atoms with van der Waals surface area (Å²) >= 11 is 15.8. The number of unbranched alkanes of at least 4 members (excludes halogenated alkanes) is 22. The molecule has 0 aromatic heterocycles. The topological polar surface area (TPSA) is 74.6 Å². The molecule has 0 heterocycles. The number of rotatable bonds is 34. The number of allylic oxidation sites excluding steroid dienone is 8. The summed E-state index contributed by atoms with van der Waals surface area (Å²) in [7, 11) is 0. The highest BCUT2D eigenvalue weighted by molar-refractivity contribution is 9.17. The number of halogens is 4. The highest BCUT2D eigenvalue weighted by atomic mass is 79.9. The average Bonchev–Trinajstić information content (AvgIpc) is 3.08. The molecule has 0 aromatic carbocycles. The van der Waals surface area contributed by atoms with E-state index < -0.39 is 11.9 Å². The molecule has 2 N–H and O–H groups in total. The molecule has 0 bridgehead atoms. The Balaban J connectivity index is 2.13. The molecular weight excluding hydrogens is 888 g/mol. The average molecular weight is 957 g/mol. The summed E-state index contributed by atoms with van der Waals surface area (Å²) in [6, 6.07) is 0. The second-order valence-electron chi connectivity index (χ2n) is 14.3. The third-order valence-corrected chi connectivity index (χ3v) is 15.4. The van der Waals surface area contributed by atoms with Crippen molar-refractivity contribution in [2.24, 2.45) is 5.92 Å². The fraction of sp³-hybridized carbons (Fsp3) is 0.762. The van der Waals surface area contributed by atoms with Gasteiger partial charge < -0.3 is 10.2 Å². The lowest BCUT2D eigenvalue weighted by molar-refractivity contribution is -0.138. The van der Waals surface area contributed by atoms with E-state index in [2.05, 4.69) is 94.1 Å². The molecule has 0 aliphatic heterocycles. The highest BCUT2D eigenvalue weighted by Crippen LogP contribution is 2.53. The van der Waals surface area contributed by atoms with E-state index in [-0.39, 0.29) is 4.32 Å². The Morgan fingerprint density at radius 2 is 0.880 bits per heavy atom. The largest absolute Gasteiger partial charge is 0.481 e. The minimum absolute atomic E-state index is 0.0287. The highest BCUT2D eigenvalue weighted by Gasteiger charge is 2.41. The van der Waals surface area contributed by atoms with Gasteiger partial charge in [-0.1, -0.05) is 165 Å². The van der Waals surface area contributed by atoms with Crippen molar-refractivity contribution in [3.05, 3.63) is 43.8 Å². The zero-order valence-corrected chi connectivity index (χ0v) is 37.2. The standard InChI is InChI=1S/C42H68Br4O4/c43-37-35-36(31-27-23-19-15-11-7-3-1-4-8-12-16-20-24-28-32-38(47)48)42(46,41(45)40(37)44)34-30-26-22-18-14-10-6-2-5-9-13-17-21-25-29-33-39(49)50/h1-2,4-5,35-36H,3,6-34H2,(H,47,48)(H,49,50)/b4-1-,5-2-. The predicted octanol–water partition coefficient (Wildman–Crippen LogP) is 16.0. The summed E-state index contributed by atoms with van der Waals surface area (Å²) in [5.41, 5.74) is 0. The molecule has 2 atom stereocenters. The molecule has 4 nitrogen and oxygen atoms in total. The molecular formula is C42H68Br4O4. The van der Waals surface area contributed by atoms with Gasteiger partial charge in [0.25, 0.3) is 0 Å². The van der Waals surface area contributed by atoms with Gasteiger partial charge in [-0.25, -0.2) is 0 Å². The van der Waals surface area contributed by atoms with Crippen LogP contribution < -0.4 is 0 Å². The molecule has 288 valence electrons. The molecule has 0 saturated carbocycles. The third-order valence-electron chi connectivity index (χ3n) is 9.86. The maximum atomic E-state index is 10.5. The molecule has 1 aliphatic carbocycles. The van der Waals surface area contributed by atoms with E-state index in [0.717, 1.165) is 66.8 Å². The van der Waals surface area contributed by atoms with Crippen molar-refractivity contribution in [3.63, 3.8) is 0 Å². The summed E-state index contributed by atoms with van der Waals surface area (Å²) in [4.78, 5) is 21.1. The van der Waals surface area contributed by atoms with Gasteiger partial charge in [0.2, 0.25) is 0 Å². The van der Waals surface area contributed by atoms with Crippen molar-refractivity contribution in [1.82, 2.24) is 0 Å². The number of carboxylic acid groups (broad SMARTS) is 2. The first-order chi connectivity index (χ1) is 24.2. The van der Waals surface area contributed by atoms with Gasteiger partial charge in [-0.15, -0.1) is 0 Å². The number of hydrogen-bond donors (Lipinski definition) is 2. The molecule has 0 aromatic rings.